The summed E-state index contributed by atoms with van der Waals surface area (Å²) >= 11 is 12.2. The topological polar surface area (TPSA) is 39.1 Å². The fourth-order valence-corrected chi connectivity index (χ4v) is 4.73. The van der Waals surface area contributed by atoms with Crippen molar-refractivity contribution in [3.05, 3.63) is 93.9 Å². The molecule has 1 aliphatic heterocycles. The lowest BCUT2D eigenvalue weighted by molar-refractivity contribution is 0.483. The van der Waals surface area contributed by atoms with Crippen LogP contribution in [0.4, 0.5) is 0 Å². The molecule has 5 rings (SSSR count). The van der Waals surface area contributed by atoms with Crippen LogP contribution < -0.4 is 10.1 Å². The van der Waals surface area contributed by atoms with Gasteiger partial charge in [-0.1, -0.05) is 42.6 Å². The van der Waals surface area contributed by atoms with Crippen LogP contribution in [0.5, 0.6) is 11.5 Å². The first-order valence-corrected chi connectivity index (χ1v) is 12.5. The maximum absolute atomic E-state index is 6.24. The lowest BCUT2D eigenvalue weighted by Crippen LogP contribution is -2.23. The number of fused-ring (bicyclic) bond motifs is 1. The van der Waals surface area contributed by atoms with Gasteiger partial charge in [0.2, 0.25) is 0 Å². The quantitative estimate of drug-likeness (QED) is 0.264. The molecule has 182 valence electrons. The number of aromatic nitrogens is 2. The average molecular weight is 529 g/mol. The first kappa shape index (κ1) is 25.6. The van der Waals surface area contributed by atoms with Crippen molar-refractivity contribution in [2.75, 3.05) is 6.54 Å². The predicted octanol–water partition coefficient (Wildman–Crippen LogP) is 8.05. The highest BCUT2D eigenvalue weighted by Gasteiger charge is 2.15. The van der Waals surface area contributed by atoms with E-state index >= 15 is 0 Å². The number of nitrogens with one attached hydrogen (secondary N) is 1. The summed E-state index contributed by atoms with van der Waals surface area (Å²) in [6.07, 6.45) is 6.42. The standard InChI is InChI=1S/C28H27Cl2N3O.ClH/c1-2-3-4-28-32-26(18-33(28)23-9-5-19-13-14-31-17-21(19)15-23)20-6-10-24(11-7-20)34-27-12-8-22(29)16-25(27)30;/h5-12,15-16,18,31H,2-4,13-14,17H2,1H3;1H. The maximum Gasteiger partial charge on any atom is 0.146 e. The zero-order valence-electron chi connectivity index (χ0n) is 19.6. The van der Waals surface area contributed by atoms with E-state index in [0.29, 0.717) is 21.5 Å². The number of rotatable bonds is 7. The second-order valence-electron chi connectivity index (χ2n) is 8.60. The summed E-state index contributed by atoms with van der Waals surface area (Å²) in [5.74, 6) is 2.38. The molecule has 4 nitrogen and oxygen atoms in total. The number of imidazole rings is 1. The van der Waals surface area contributed by atoms with Crippen molar-refractivity contribution in [3.63, 3.8) is 0 Å². The SMILES string of the molecule is CCCCc1nc(-c2ccc(Oc3ccc(Cl)cc3Cl)cc2)cn1-c1ccc2c(c1)CNCC2.Cl. The summed E-state index contributed by atoms with van der Waals surface area (Å²) in [4.78, 5) is 5.01. The summed E-state index contributed by atoms with van der Waals surface area (Å²) in [5, 5.41) is 4.54. The van der Waals surface area contributed by atoms with E-state index in [9.17, 15) is 0 Å². The van der Waals surface area contributed by atoms with Crippen molar-refractivity contribution >= 4 is 35.6 Å². The molecule has 0 amide bonds. The van der Waals surface area contributed by atoms with Gasteiger partial charge in [0, 0.05) is 35.4 Å². The Morgan fingerprint density at radius 2 is 1.83 bits per heavy atom. The van der Waals surface area contributed by atoms with Gasteiger partial charge in [-0.2, -0.15) is 0 Å². The molecule has 0 unspecified atom stereocenters. The Morgan fingerprint density at radius 1 is 1.00 bits per heavy atom. The van der Waals surface area contributed by atoms with E-state index in [2.05, 4.69) is 41.2 Å². The Kier molecular flexibility index (Phi) is 8.40. The summed E-state index contributed by atoms with van der Waals surface area (Å²) in [5.41, 5.74) is 5.99. The monoisotopic (exact) mass is 527 g/mol. The molecule has 1 aliphatic rings. The van der Waals surface area contributed by atoms with E-state index in [0.717, 1.165) is 55.9 Å². The van der Waals surface area contributed by atoms with Gasteiger partial charge in [-0.15, -0.1) is 12.4 Å². The second kappa shape index (κ2) is 11.5. The first-order chi connectivity index (χ1) is 16.6. The molecule has 0 saturated heterocycles. The summed E-state index contributed by atoms with van der Waals surface area (Å²) in [6.45, 7) is 4.19. The molecule has 0 saturated carbocycles. The van der Waals surface area contributed by atoms with E-state index in [-0.39, 0.29) is 12.4 Å². The van der Waals surface area contributed by atoms with Gasteiger partial charge in [-0.3, -0.25) is 0 Å². The minimum absolute atomic E-state index is 0. The third-order valence-corrected chi connectivity index (χ3v) is 6.69. The smallest absolute Gasteiger partial charge is 0.146 e. The number of nitrogens with zero attached hydrogens (tertiary/aromatic N) is 2. The third-order valence-electron chi connectivity index (χ3n) is 6.16. The molecule has 35 heavy (non-hydrogen) atoms. The number of hydrogen-bond acceptors (Lipinski definition) is 3. The number of unbranched alkanes of at least 4 members (excludes halogenated alkanes) is 1. The number of benzene rings is 3. The molecule has 0 fully saturated rings. The van der Waals surface area contributed by atoms with Crippen LogP contribution in [0.1, 0.15) is 36.7 Å². The molecule has 0 spiro atoms. The van der Waals surface area contributed by atoms with Crippen molar-refractivity contribution in [1.29, 1.82) is 0 Å². The van der Waals surface area contributed by atoms with Gasteiger partial charge in [0.15, 0.2) is 0 Å². The van der Waals surface area contributed by atoms with Crippen LogP contribution in [0.15, 0.2) is 66.9 Å². The van der Waals surface area contributed by atoms with Crippen molar-refractivity contribution in [2.45, 2.75) is 39.2 Å². The average Bonchev–Trinajstić information content (AvgIpc) is 3.29. The molecule has 0 atom stereocenters. The normalized spacial score (nSPS) is 12.7. The van der Waals surface area contributed by atoms with E-state index < -0.39 is 0 Å². The summed E-state index contributed by atoms with van der Waals surface area (Å²) in [6, 6.07) is 19.9. The molecule has 1 N–H and O–H groups in total. The van der Waals surface area contributed by atoms with Gasteiger partial charge >= 0.3 is 0 Å². The van der Waals surface area contributed by atoms with Crippen LogP contribution in [0.2, 0.25) is 10.0 Å². The zero-order chi connectivity index (χ0) is 23.5. The third kappa shape index (κ3) is 5.84. The highest BCUT2D eigenvalue weighted by atomic mass is 35.5. The molecule has 0 aliphatic carbocycles. The molecule has 3 aromatic carbocycles. The predicted molar refractivity (Wildman–Crippen MR) is 147 cm³/mol. The van der Waals surface area contributed by atoms with Crippen molar-refractivity contribution in [3.8, 4) is 28.4 Å². The van der Waals surface area contributed by atoms with Crippen LogP contribution in [0.3, 0.4) is 0 Å². The van der Waals surface area contributed by atoms with E-state index in [1.54, 1.807) is 18.2 Å². The Morgan fingerprint density at radius 3 is 2.60 bits per heavy atom. The largest absolute Gasteiger partial charge is 0.456 e. The highest BCUT2D eigenvalue weighted by Crippen LogP contribution is 2.33. The lowest BCUT2D eigenvalue weighted by Gasteiger charge is -2.18. The van der Waals surface area contributed by atoms with Gasteiger partial charge in [0.05, 0.1) is 10.7 Å². The van der Waals surface area contributed by atoms with Crippen LogP contribution >= 0.6 is 35.6 Å². The molecule has 2 heterocycles. The maximum atomic E-state index is 6.24. The van der Waals surface area contributed by atoms with E-state index in [4.69, 9.17) is 32.9 Å². The van der Waals surface area contributed by atoms with E-state index in [1.165, 1.54) is 16.8 Å². The lowest BCUT2D eigenvalue weighted by atomic mass is 10.0. The fraction of sp³-hybridized carbons (Fsp3) is 0.250. The number of aryl methyl sites for hydroxylation is 1. The second-order valence-corrected chi connectivity index (χ2v) is 9.44. The molecule has 4 aromatic rings. The van der Waals surface area contributed by atoms with Crippen molar-refractivity contribution < 1.29 is 4.74 Å². The van der Waals surface area contributed by atoms with Crippen LogP contribution in [-0.4, -0.2) is 16.1 Å². The van der Waals surface area contributed by atoms with Crippen LogP contribution in [0.25, 0.3) is 16.9 Å². The minimum Gasteiger partial charge on any atom is -0.456 e. The van der Waals surface area contributed by atoms with Gasteiger partial charge in [-0.05, 0) is 85.1 Å². The van der Waals surface area contributed by atoms with Crippen molar-refractivity contribution in [2.24, 2.45) is 0 Å². The van der Waals surface area contributed by atoms with Crippen LogP contribution in [-0.2, 0) is 19.4 Å². The minimum atomic E-state index is 0. The fourth-order valence-electron chi connectivity index (χ4n) is 4.29. The van der Waals surface area contributed by atoms with Gasteiger partial charge in [0.1, 0.15) is 17.3 Å². The Hall–Kier alpha value is -2.50. The zero-order valence-corrected chi connectivity index (χ0v) is 21.9. The highest BCUT2D eigenvalue weighted by molar-refractivity contribution is 6.35. The molecule has 0 bridgehead atoms. The number of halogens is 3. The molecule has 7 heteroatoms. The Balaban J connectivity index is 0.00000289. The molecular formula is C28H28Cl3N3O. The van der Waals surface area contributed by atoms with Gasteiger partial charge in [-0.25, -0.2) is 4.98 Å². The van der Waals surface area contributed by atoms with Crippen LogP contribution in [0, 0.1) is 0 Å². The summed E-state index contributed by atoms with van der Waals surface area (Å²) in [7, 11) is 0. The molecule has 1 aromatic heterocycles. The summed E-state index contributed by atoms with van der Waals surface area (Å²) < 4.78 is 8.18. The van der Waals surface area contributed by atoms with Crippen molar-refractivity contribution in [1.82, 2.24) is 14.9 Å². The number of hydrogen-bond donors (Lipinski definition) is 1. The first-order valence-electron chi connectivity index (χ1n) is 11.7. The van der Waals surface area contributed by atoms with E-state index in [1.807, 2.05) is 24.3 Å². The Labute approximate surface area is 222 Å². The molecular weight excluding hydrogens is 501 g/mol. The Bertz CT molecular complexity index is 1300. The molecule has 0 radical (unpaired) electrons. The van der Waals surface area contributed by atoms with Gasteiger partial charge in [0.25, 0.3) is 0 Å². The van der Waals surface area contributed by atoms with Gasteiger partial charge < -0.3 is 14.6 Å². The number of ether oxygens (including phenoxy) is 1.